The van der Waals surface area contributed by atoms with E-state index in [1.807, 2.05) is 25.7 Å². The summed E-state index contributed by atoms with van der Waals surface area (Å²) in [6.07, 6.45) is 0. The zero-order chi connectivity index (χ0) is 26.1. The number of ether oxygens (including phenoxy) is 4. The first-order chi connectivity index (χ1) is 17.4. The maximum Gasteiger partial charge on any atom is 0.294 e. The lowest BCUT2D eigenvalue weighted by Gasteiger charge is -2.28. The van der Waals surface area contributed by atoms with Crippen molar-refractivity contribution in [3.8, 4) is 17.2 Å². The van der Waals surface area contributed by atoms with E-state index in [1.165, 1.54) is 6.07 Å². The first kappa shape index (κ1) is 27.0. The third-order valence-electron chi connectivity index (χ3n) is 5.18. The van der Waals surface area contributed by atoms with Crippen molar-refractivity contribution in [2.45, 2.75) is 20.8 Å². The van der Waals surface area contributed by atoms with Crippen molar-refractivity contribution < 1.29 is 28.7 Å². The Morgan fingerprint density at radius 3 is 2.22 bits per heavy atom. The van der Waals surface area contributed by atoms with Gasteiger partial charge in [0.1, 0.15) is 5.69 Å². The number of morpholine rings is 1. The SMILES string of the molecule is CCOc1cc(C(=O)NC(=S)Nc2ccc(N3CCOCC3)c([N+](=O)[O-])c2)cc(OCC)c1OCC. The third-order valence-corrected chi connectivity index (χ3v) is 5.38. The zero-order valence-electron chi connectivity index (χ0n) is 20.5. The molecular weight excluding hydrogens is 488 g/mol. The molecule has 1 saturated heterocycles. The quantitative estimate of drug-likeness (QED) is 0.273. The molecule has 0 atom stereocenters. The van der Waals surface area contributed by atoms with Gasteiger partial charge in [-0.2, -0.15) is 0 Å². The topological polar surface area (TPSA) is 124 Å². The summed E-state index contributed by atoms with van der Waals surface area (Å²) in [5, 5.41) is 17.1. The van der Waals surface area contributed by atoms with E-state index < -0.39 is 10.8 Å². The summed E-state index contributed by atoms with van der Waals surface area (Å²) >= 11 is 5.29. The molecule has 2 N–H and O–H groups in total. The van der Waals surface area contributed by atoms with Gasteiger partial charge in [0, 0.05) is 30.4 Å². The number of nitro benzene ring substituents is 1. The highest BCUT2D eigenvalue weighted by molar-refractivity contribution is 7.80. The molecule has 1 heterocycles. The molecule has 2 aromatic rings. The zero-order valence-corrected chi connectivity index (χ0v) is 21.3. The number of rotatable bonds is 10. The smallest absolute Gasteiger partial charge is 0.294 e. The van der Waals surface area contributed by atoms with E-state index in [0.29, 0.717) is 74.7 Å². The van der Waals surface area contributed by atoms with Crippen molar-refractivity contribution in [2.75, 3.05) is 56.3 Å². The van der Waals surface area contributed by atoms with Crippen molar-refractivity contribution in [1.29, 1.82) is 0 Å². The standard InChI is InChI=1S/C24H30N4O7S/c1-4-33-20-13-16(14-21(34-5-2)22(20)35-6-3)23(29)26-24(36)25-17-7-8-18(19(15-17)28(30)31)27-9-11-32-12-10-27/h7-8,13-15H,4-6,9-12H2,1-3H3,(H2,25,26,29,36). The molecule has 11 nitrogen and oxygen atoms in total. The van der Waals surface area contributed by atoms with Crippen molar-refractivity contribution in [3.63, 3.8) is 0 Å². The Morgan fingerprint density at radius 2 is 1.67 bits per heavy atom. The molecule has 0 spiro atoms. The highest BCUT2D eigenvalue weighted by atomic mass is 32.1. The van der Waals surface area contributed by atoms with Gasteiger partial charge in [0.05, 0.1) is 38.0 Å². The lowest BCUT2D eigenvalue weighted by atomic mass is 10.1. The minimum absolute atomic E-state index is 0.0155. The number of thiocarbonyl (C=S) groups is 1. The Kier molecular flexibility index (Phi) is 9.65. The van der Waals surface area contributed by atoms with Crippen LogP contribution >= 0.6 is 12.2 Å². The maximum absolute atomic E-state index is 12.9. The van der Waals surface area contributed by atoms with Gasteiger partial charge in [-0.25, -0.2) is 0 Å². The number of carbonyl (C=O) groups excluding carboxylic acids is 1. The number of anilines is 2. The number of hydrogen-bond donors (Lipinski definition) is 2. The number of hydrogen-bond acceptors (Lipinski definition) is 9. The van der Waals surface area contributed by atoms with Gasteiger partial charge in [0.2, 0.25) is 5.75 Å². The average molecular weight is 519 g/mol. The number of nitro groups is 1. The highest BCUT2D eigenvalue weighted by Crippen LogP contribution is 2.39. The molecule has 36 heavy (non-hydrogen) atoms. The summed E-state index contributed by atoms with van der Waals surface area (Å²) in [5.74, 6) is 0.676. The fourth-order valence-electron chi connectivity index (χ4n) is 3.68. The van der Waals surface area contributed by atoms with E-state index in [4.69, 9.17) is 31.2 Å². The second kappa shape index (κ2) is 12.9. The van der Waals surface area contributed by atoms with E-state index in [-0.39, 0.29) is 16.4 Å². The number of nitrogens with one attached hydrogen (secondary N) is 2. The molecule has 0 bridgehead atoms. The monoisotopic (exact) mass is 518 g/mol. The maximum atomic E-state index is 12.9. The molecule has 0 aliphatic carbocycles. The van der Waals surface area contributed by atoms with Crippen LogP contribution in [0.4, 0.5) is 17.1 Å². The second-order valence-electron chi connectivity index (χ2n) is 7.57. The van der Waals surface area contributed by atoms with E-state index >= 15 is 0 Å². The Bertz CT molecular complexity index is 1080. The van der Waals surface area contributed by atoms with Crippen LogP contribution < -0.4 is 29.7 Å². The molecule has 12 heteroatoms. The Morgan fingerprint density at radius 1 is 1.06 bits per heavy atom. The average Bonchev–Trinajstić information content (AvgIpc) is 2.86. The molecule has 0 aromatic heterocycles. The number of carbonyl (C=O) groups is 1. The van der Waals surface area contributed by atoms with Crippen LogP contribution in [-0.2, 0) is 4.74 Å². The van der Waals surface area contributed by atoms with Gasteiger partial charge in [-0.05, 0) is 57.3 Å². The minimum Gasteiger partial charge on any atom is -0.490 e. The Balaban J connectivity index is 1.77. The van der Waals surface area contributed by atoms with E-state index in [9.17, 15) is 14.9 Å². The molecule has 1 aliphatic heterocycles. The summed E-state index contributed by atoms with van der Waals surface area (Å²) in [6, 6.07) is 7.83. The third kappa shape index (κ3) is 6.73. The van der Waals surface area contributed by atoms with Crippen molar-refractivity contribution >= 4 is 40.3 Å². The normalized spacial score (nSPS) is 13.0. The minimum atomic E-state index is -0.503. The van der Waals surface area contributed by atoms with Gasteiger partial charge in [0.25, 0.3) is 11.6 Å². The van der Waals surface area contributed by atoms with Crippen LogP contribution in [0.2, 0.25) is 0 Å². The first-order valence-electron chi connectivity index (χ1n) is 11.7. The van der Waals surface area contributed by atoms with Gasteiger partial charge in [-0.3, -0.25) is 20.2 Å². The lowest BCUT2D eigenvalue weighted by molar-refractivity contribution is -0.384. The Hall–Kier alpha value is -3.64. The summed E-state index contributed by atoms with van der Waals surface area (Å²) in [5.41, 5.74) is 1.07. The number of nitrogens with zero attached hydrogens (tertiary/aromatic N) is 2. The van der Waals surface area contributed by atoms with Gasteiger partial charge < -0.3 is 29.2 Å². The van der Waals surface area contributed by atoms with Crippen LogP contribution in [-0.4, -0.2) is 62.1 Å². The molecular formula is C24H30N4O7S. The van der Waals surface area contributed by atoms with Crippen LogP contribution in [0, 0.1) is 10.1 Å². The molecule has 1 aliphatic rings. The number of amides is 1. The van der Waals surface area contributed by atoms with E-state index in [0.717, 1.165) is 0 Å². The van der Waals surface area contributed by atoms with Crippen LogP contribution in [0.1, 0.15) is 31.1 Å². The molecule has 0 unspecified atom stereocenters. The highest BCUT2D eigenvalue weighted by Gasteiger charge is 2.23. The summed E-state index contributed by atoms with van der Waals surface area (Å²) in [4.78, 5) is 26.1. The predicted molar refractivity (Wildman–Crippen MR) is 140 cm³/mol. The van der Waals surface area contributed by atoms with Crippen LogP contribution in [0.3, 0.4) is 0 Å². The fourth-order valence-corrected chi connectivity index (χ4v) is 3.89. The molecule has 0 radical (unpaired) electrons. The largest absolute Gasteiger partial charge is 0.490 e. The van der Waals surface area contributed by atoms with Crippen molar-refractivity contribution in [3.05, 3.63) is 46.0 Å². The van der Waals surface area contributed by atoms with Gasteiger partial charge in [-0.15, -0.1) is 0 Å². The summed E-state index contributed by atoms with van der Waals surface area (Å²) < 4.78 is 22.3. The number of benzene rings is 2. The van der Waals surface area contributed by atoms with E-state index in [2.05, 4.69) is 10.6 Å². The van der Waals surface area contributed by atoms with Crippen LogP contribution in [0.15, 0.2) is 30.3 Å². The lowest BCUT2D eigenvalue weighted by Crippen LogP contribution is -2.36. The van der Waals surface area contributed by atoms with Gasteiger partial charge >= 0.3 is 0 Å². The van der Waals surface area contributed by atoms with Crippen LogP contribution in [0.5, 0.6) is 17.2 Å². The molecule has 2 aromatic carbocycles. The molecule has 1 amide bonds. The first-order valence-corrected chi connectivity index (χ1v) is 12.1. The molecule has 194 valence electrons. The molecule has 1 fully saturated rings. The predicted octanol–water partition coefficient (Wildman–Crippen LogP) is 3.75. The van der Waals surface area contributed by atoms with Crippen molar-refractivity contribution in [2.24, 2.45) is 0 Å². The van der Waals surface area contributed by atoms with Crippen molar-refractivity contribution in [1.82, 2.24) is 5.32 Å². The second-order valence-corrected chi connectivity index (χ2v) is 7.98. The van der Waals surface area contributed by atoms with Gasteiger partial charge in [-0.1, -0.05) is 0 Å². The summed E-state index contributed by atoms with van der Waals surface area (Å²) in [7, 11) is 0. The Labute approximate surface area is 214 Å². The van der Waals surface area contributed by atoms with E-state index in [1.54, 1.807) is 24.3 Å². The van der Waals surface area contributed by atoms with Crippen LogP contribution in [0.25, 0.3) is 0 Å². The summed E-state index contributed by atoms with van der Waals surface area (Å²) in [6.45, 7) is 8.78. The fraction of sp³-hybridized carbons (Fsp3) is 0.417. The molecule has 0 saturated carbocycles. The van der Waals surface area contributed by atoms with Gasteiger partial charge in [0.15, 0.2) is 16.6 Å². The molecule has 3 rings (SSSR count).